The molecule has 0 aliphatic rings. The third-order valence-electron chi connectivity index (χ3n) is 3.17. The van der Waals surface area contributed by atoms with E-state index in [-0.39, 0.29) is 24.0 Å². The standard InChI is InChI=1S/C16H22N4O3S/c1-13(2)12-24(22,23)11-10-17-16(21)19-15-8-9-18-20(15)14-6-4-3-5-7-14/h3-9,13H,10-12H2,1-2H3,(H2,17,19,21). The van der Waals surface area contributed by atoms with Crippen molar-refractivity contribution in [2.45, 2.75) is 13.8 Å². The minimum atomic E-state index is -3.15. The number of hydrogen-bond acceptors (Lipinski definition) is 4. The molecular weight excluding hydrogens is 328 g/mol. The molecular formula is C16H22N4O3S. The summed E-state index contributed by atoms with van der Waals surface area (Å²) in [5.41, 5.74) is 0.817. The molecule has 1 aromatic carbocycles. The summed E-state index contributed by atoms with van der Waals surface area (Å²) in [5.74, 6) is 0.626. The van der Waals surface area contributed by atoms with Gasteiger partial charge in [-0.05, 0) is 18.1 Å². The van der Waals surface area contributed by atoms with E-state index in [1.807, 2.05) is 44.2 Å². The number of benzene rings is 1. The van der Waals surface area contributed by atoms with Crippen LogP contribution in [-0.4, -0.2) is 42.3 Å². The van der Waals surface area contributed by atoms with Crippen molar-refractivity contribution >= 4 is 21.7 Å². The average Bonchev–Trinajstić information content (AvgIpc) is 2.94. The summed E-state index contributed by atoms with van der Waals surface area (Å²) in [5, 5.41) is 9.40. The highest BCUT2D eigenvalue weighted by Gasteiger charge is 2.14. The molecule has 0 radical (unpaired) electrons. The van der Waals surface area contributed by atoms with Crippen molar-refractivity contribution in [2.24, 2.45) is 5.92 Å². The summed E-state index contributed by atoms with van der Waals surface area (Å²) in [7, 11) is -3.15. The molecule has 1 aromatic heterocycles. The minimum Gasteiger partial charge on any atom is -0.337 e. The van der Waals surface area contributed by atoms with Gasteiger partial charge in [0.2, 0.25) is 0 Å². The Hall–Kier alpha value is -2.35. The number of carbonyl (C=O) groups excluding carboxylic acids is 1. The molecule has 0 atom stereocenters. The van der Waals surface area contributed by atoms with Gasteiger partial charge in [-0.3, -0.25) is 5.32 Å². The molecule has 0 saturated carbocycles. The maximum Gasteiger partial charge on any atom is 0.320 e. The number of amides is 2. The zero-order valence-corrected chi connectivity index (χ0v) is 14.6. The van der Waals surface area contributed by atoms with E-state index in [0.29, 0.717) is 5.82 Å². The lowest BCUT2D eigenvalue weighted by Gasteiger charge is -2.11. The van der Waals surface area contributed by atoms with Gasteiger partial charge in [-0.25, -0.2) is 17.9 Å². The fourth-order valence-electron chi connectivity index (χ4n) is 2.24. The molecule has 0 fully saturated rings. The Kier molecular flexibility index (Phi) is 5.97. The Labute approximate surface area is 142 Å². The number of anilines is 1. The zero-order chi connectivity index (χ0) is 17.6. The van der Waals surface area contributed by atoms with Crippen LogP contribution < -0.4 is 10.6 Å². The van der Waals surface area contributed by atoms with E-state index in [2.05, 4.69) is 15.7 Å². The van der Waals surface area contributed by atoms with Crippen LogP contribution in [0.25, 0.3) is 5.69 Å². The monoisotopic (exact) mass is 350 g/mol. The van der Waals surface area contributed by atoms with Crippen molar-refractivity contribution in [3.63, 3.8) is 0 Å². The lowest BCUT2D eigenvalue weighted by molar-refractivity contribution is 0.252. The smallest absolute Gasteiger partial charge is 0.320 e. The predicted molar refractivity (Wildman–Crippen MR) is 94.1 cm³/mol. The molecule has 130 valence electrons. The molecule has 0 unspecified atom stereocenters. The lowest BCUT2D eigenvalue weighted by Crippen LogP contribution is -2.34. The normalized spacial score (nSPS) is 11.5. The number of para-hydroxylation sites is 1. The van der Waals surface area contributed by atoms with Crippen molar-refractivity contribution in [3.8, 4) is 5.69 Å². The molecule has 0 bridgehead atoms. The van der Waals surface area contributed by atoms with Crippen molar-refractivity contribution in [2.75, 3.05) is 23.4 Å². The Morgan fingerprint density at radius 1 is 1.21 bits per heavy atom. The number of nitrogens with zero attached hydrogens (tertiary/aromatic N) is 2. The van der Waals surface area contributed by atoms with Gasteiger partial charge in [0.1, 0.15) is 5.82 Å². The largest absolute Gasteiger partial charge is 0.337 e. The van der Waals surface area contributed by atoms with Crippen molar-refractivity contribution < 1.29 is 13.2 Å². The third-order valence-corrected chi connectivity index (χ3v) is 5.17. The molecule has 1 heterocycles. The first kappa shape index (κ1) is 18.0. The number of urea groups is 1. The molecule has 24 heavy (non-hydrogen) atoms. The van der Waals surface area contributed by atoms with E-state index >= 15 is 0 Å². The second kappa shape index (κ2) is 7.96. The first-order valence-corrected chi connectivity index (χ1v) is 9.54. The van der Waals surface area contributed by atoms with Crippen LogP contribution in [0.15, 0.2) is 42.6 Å². The van der Waals surface area contributed by atoms with Gasteiger partial charge in [-0.2, -0.15) is 5.10 Å². The van der Waals surface area contributed by atoms with E-state index in [9.17, 15) is 13.2 Å². The van der Waals surface area contributed by atoms with Gasteiger partial charge >= 0.3 is 6.03 Å². The lowest BCUT2D eigenvalue weighted by atomic mass is 10.3. The van der Waals surface area contributed by atoms with E-state index in [4.69, 9.17) is 0 Å². The Balaban J connectivity index is 1.89. The topological polar surface area (TPSA) is 93.1 Å². The molecule has 2 amide bonds. The van der Waals surface area contributed by atoms with Crippen LogP contribution in [0.1, 0.15) is 13.8 Å². The van der Waals surface area contributed by atoms with Crippen molar-refractivity contribution in [1.82, 2.24) is 15.1 Å². The summed E-state index contributed by atoms with van der Waals surface area (Å²) in [6, 6.07) is 10.6. The van der Waals surface area contributed by atoms with Crippen LogP contribution in [0.2, 0.25) is 0 Å². The van der Waals surface area contributed by atoms with Gasteiger partial charge in [0.15, 0.2) is 9.84 Å². The van der Waals surface area contributed by atoms with Crippen LogP contribution in [0.4, 0.5) is 10.6 Å². The summed E-state index contributed by atoms with van der Waals surface area (Å²) < 4.78 is 25.2. The maximum atomic E-state index is 11.9. The van der Waals surface area contributed by atoms with Gasteiger partial charge < -0.3 is 5.32 Å². The number of nitrogens with one attached hydrogen (secondary N) is 2. The molecule has 2 rings (SSSR count). The maximum absolute atomic E-state index is 11.9. The fourth-order valence-corrected chi connectivity index (χ4v) is 3.84. The molecule has 2 aromatic rings. The molecule has 0 aliphatic carbocycles. The fraction of sp³-hybridized carbons (Fsp3) is 0.375. The van der Waals surface area contributed by atoms with Crippen LogP contribution in [0.3, 0.4) is 0 Å². The summed E-state index contributed by atoms with van der Waals surface area (Å²) in [4.78, 5) is 11.9. The first-order valence-electron chi connectivity index (χ1n) is 7.72. The third kappa shape index (κ3) is 5.38. The molecule has 0 saturated heterocycles. The number of sulfone groups is 1. The Morgan fingerprint density at radius 3 is 2.58 bits per heavy atom. The van der Waals surface area contributed by atoms with Crippen molar-refractivity contribution in [1.29, 1.82) is 0 Å². The van der Waals surface area contributed by atoms with E-state index in [1.54, 1.807) is 16.9 Å². The van der Waals surface area contributed by atoms with E-state index < -0.39 is 15.9 Å². The van der Waals surface area contributed by atoms with E-state index in [0.717, 1.165) is 5.69 Å². The molecule has 7 nitrogen and oxygen atoms in total. The highest BCUT2D eigenvalue weighted by molar-refractivity contribution is 7.91. The van der Waals surface area contributed by atoms with Gasteiger partial charge in [-0.15, -0.1) is 0 Å². The Morgan fingerprint density at radius 2 is 1.92 bits per heavy atom. The van der Waals surface area contributed by atoms with Gasteiger partial charge in [-0.1, -0.05) is 32.0 Å². The number of rotatable bonds is 7. The Bertz CT molecular complexity index is 770. The number of hydrogen-bond donors (Lipinski definition) is 2. The van der Waals surface area contributed by atoms with Gasteiger partial charge in [0.05, 0.1) is 23.4 Å². The second-order valence-electron chi connectivity index (χ2n) is 5.85. The van der Waals surface area contributed by atoms with Crippen LogP contribution >= 0.6 is 0 Å². The average molecular weight is 350 g/mol. The van der Waals surface area contributed by atoms with Crippen LogP contribution in [0, 0.1) is 5.92 Å². The molecule has 0 spiro atoms. The molecule has 2 N–H and O–H groups in total. The minimum absolute atomic E-state index is 0.0698. The molecule has 0 aliphatic heterocycles. The van der Waals surface area contributed by atoms with Gasteiger partial charge in [0, 0.05) is 12.6 Å². The summed E-state index contributed by atoms with van der Waals surface area (Å²) >= 11 is 0. The summed E-state index contributed by atoms with van der Waals surface area (Å²) in [6.45, 7) is 3.77. The second-order valence-corrected chi connectivity index (χ2v) is 8.08. The van der Waals surface area contributed by atoms with Gasteiger partial charge in [0.25, 0.3) is 0 Å². The highest BCUT2D eigenvalue weighted by atomic mass is 32.2. The highest BCUT2D eigenvalue weighted by Crippen LogP contribution is 2.13. The van der Waals surface area contributed by atoms with Crippen LogP contribution in [0.5, 0.6) is 0 Å². The number of aromatic nitrogens is 2. The first-order chi connectivity index (χ1) is 11.4. The zero-order valence-electron chi connectivity index (χ0n) is 13.8. The predicted octanol–water partition coefficient (Wildman–Crippen LogP) is 2.06. The van der Waals surface area contributed by atoms with E-state index in [1.165, 1.54) is 0 Å². The van der Waals surface area contributed by atoms with Crippen molar-refractivity contribution in [3.05, 3.63) is 42.6 Å². The quantitative estimate of drug-likeness (QED) is 0.799. The SMILES string of the molecule is CC(C)CS(=O)(=O)CCNC(=O)Nc1ccnn1-c1ccccc1. The van der Waals surface area contributed by atoms with Crippen LogP contribution in [-0.2, 0) is 9.84 Å². The number of carbonyl (C=O) groups is 1. The molecule has 8 heteroatoms. The summed E-state index contributed by atoms with van der Waals surface area (Å²) in [6.07, 6.45) is 1.58.